The second-order valence-corrected chi connectivity index (χ2v) is 7.07. The third-order valence-corrected chi connectivity index (χ3v) is 5.90. The van der Waals surface area contributed by atoms with Crippen LogP contribution in [-0.4, -0.2) is 28.4 Å². The first-order chi connectivity index (χ1) is 8.58. The lowest BCUT2D eigenvalue weighted by atomic mass is 9.84. The van der Waals surface area contributed by atoms with E-state index in [9.17, 15) is 4.79 Å². The monoisotopic (exact) mass is 286 g/mol. The molecule has 2 atom stereocenters. The Labute approximate surface area is 119 Å². The van der Waals surface area contributed by atoms with Crippen LogP contribution < -0.4 is 11.1 Å². The first-order valence-electron chi connectivity index (χ1n) is 6.72. The minimum atomic E-state index is -0.549. The summed E-state index contributed by atoms with van der Waals surface area (Å²) in [5.74, 6) is 0.0826. The van der Waals surface area contributed by atoms with Crippen molar-refractivity contribution >= 4 is 34.9 Å². The van der Waals surface area contributed by atoms with Gasteiger partial charge in [-0.1, -0.05) is 25.1 Å². The zero-order chi connectivity index (χ0) is 13.2. The van der Waals surface area contributed by atoms with Gasteiger partial charge in [0.1, 0.15) is 0 Å². The summed E-state index contributed by atoms with van der Waals surface area (Å²) < 4.78 is 0. The molecule has 3 nitrogen and oxygen atoms in total. The van der Waals surface area contributed by atoms with Gasteiger partial charge in [0.25, 0.3) is 0 Å². The van der Waals surface area contributed by atoms with Crippen LogP contribution in [0.15, 0.2) is 0 Å². The fourth-order valence-corrected chi connectivity index (χ4v) is 4.27. The van der Waals surface area contributed by atoms with Gasteiger partial charge in [0.2, 0.25) is 5.91 Å². The van der Waals surface area contributed by atoms with Gasteiger partial charge >= 0.3 is 0 Å². The Bertz CT molecular complexity index is 340. The van der Waals surface area contributed by atoms with Crippen molar-refractivity contribution in [2.24, 2.45) is 11.1 Å². The lowest BCUT2D eigenvalue weighted by Crippen LogP contribution is -2.49. The fourth-order valence-electron chi connectivity index (χ4n) is 3.17. The molecule has 2 fully saturated rings. The number of amides is 1. The van der Waals surface area contributed by atoms with Crippen LogP contribution in [0.25, 0.3) is 0 Å². The summed E-state index contributed by atoms with van der Waals surface area (Å²) >= 11 is 7.04. The number of nitrogens with two attached hydrogens (primary N) is 1. The first kappa shape index (κ1) is 14.1. The Kier molecular flexibility index (Phi) is 4.54. The van der Waals surface area contributed by atoms with E-state index in [-0.39, 0.29) is 5.91 Å². The van der Waals surface area contributed by atoms with E-state index in [2.05, 4.69) is 11.6 Å². The summed E-state index contributed by atoms with van der Waals surface area (Å²) in [4.78, 5) is 12.9. The van der Waals surface area contributed by atoms with Crippen LogP contribution in [0.2, 0.25) is 0 Å². The SMILES string of the molecule is CSC1CCC(NC(=O)C2(C(N)=S)CCCC2)C1. The Morgan fingerprint density at radius 1 is 1.39 bits per heavy atom. The zero-order valence-electron chi connectivity index (χ0n) is 10.9. The predicted molar refractivity (Wildman–Crippen MR) is 80.8 cm³/mol. The summed E-state index contributed by atoms with van der Waals surface area (Å²) in [5, 5.41) is 3.88. The summed E-state index contributed by atoms with van der Waals surface area (Å²) in [7, 11) is 0. The van der Waals surface area contributed by atoms with Crippen molar-refractivity contribution in [3.8, 4) is 0 Å². The maximum atomic E-state index is 12.5. The molecule has 0 aromatic heterocycles. The average Bonchev–Trinajstić information content (AvgIpc) is 2.97. The number of thioether (sulfide) groups is 1. The molecule has 0 aromatic carbocycles. The molecule has 2 rings (SSSR count). The van der Waals surface area contributed by atoms with Crippen LogP contribution in [-0.2, 0) is 4.79 Å². The van der Waals surface area contributed by atoms with Gasteiger partial charge in [0, 0.05) is 11.3 Å². The molecule has 0 aliphatic heterocycles. The summed E-state index contributed by atoms with van der Waals surface area (Å²) in [6.07, 6.45) is 9.28. The van der Waals surface area contributed by atoms with E-state index in [0.717, 1.165) is 38.5 Å². The molecule has 0 heterocycles. The van der Waals surface area contributed by atoms with Gasteiger partial charge in [-0.25, -0.2) is 0 Å². The van der Waals surface area contributed by atoms with Crippen molar-refractivity contribution in [1.29, 1.82) is 0 Å². The number of hydrogen-bond donors (Lipinski definition) is 2. The van der Waals surface area contributed by atoms with Crippen LogP contribution in [0.4, 0.5) is 0 Å². The lowest BCUT2D eigenvalue weighted by molar-refractivity contribution is -0.128. The number of hydrogen-bond acceptors (Lipinski definition) is 3. The highest BCUT2D eigenvalue weighted by molar-refractivity contribution is 7.99. The molecule has 18 heavy (non-hydrogen) atoms. The minimum absolute atomic E-state index is 0.0826. The largest absolute Gasteiger partial charge is 0.392 e. The van der Waals surface area contributed by atoms with Gasteiger partial charge < -0.3 is 11.1 Å². The normalized spacial score (nSPS) is 30.3. The number of carbonyl (C=O) groups excluding carboxylic acids is 1. The Morgan fingerprint density at radius 2 is 2.06 bits per heavy atom. The van der Waals surface area contributed by atoms with Gasteiger partial charge in [0.05, 0.1) is 10.4 Å². The second kappa shape index (κ2) is 5.78. The van der Waals surface area contributed by atoms with E-state index in [4.69, 9.17) is 18.0 Å². The molecule has 2 unspecified atom stereocenters. The number of rotatable bonds is 4. The van der Waals surface area contributed by atoms with Crippen molar-refractivity contribution < 1.29 is 4.79 Å². The van der Waals surface area contributed by atoms with Gasteiger partial charge in [-0.15, -0.1) is 0 Å². The van der Waals surface area contributed by atoms with Crippen molar-refractivity contribution in [3.05, 3.63) is 0 Å². The van der Waals surface area contributed by atoms with Gasteiger partial charge in [-0.3, -0.25) is 4.79 Å². The zero-order valence-corrected chi connectivity index (χ0v) is 12.5. The third-order valence-electron chi connectivity index (χ3n) is 4.42. The molecule has 1 amide bonds. The van der Waals surface area contributed by atoms with E-state index < -0.39 is 5.41 Å². The Balaban J connectivity index is 1.96. The van der Waals surface area contributed by atoms with E-state index in [1.54, 1.807) is 0 Å². The molecular weight excluding hydrogens is 264 g/mol. The summed E-state index contributed by atoms with van der Waals surface area (Å²) in [6.45, 7) is 0. The van der Waals surface area contributed by atoms with Crippen molar-refractivity contribution in [2.45, 2.75) is 56.2 Å². The van der Waals surface area contributed by atoms with Gasteiger partial charge in [-0.2, -0.15) is 11.8 Å². The highest BCUT2D eigenvalue weighted by Gasteiger charge is 2.44. The molecule has 0 aromatic rings. The topological polar surface area (TPSA) is 55.1 Å². The van der Waals surface area contributed by atoms with Crippen LogP contribution in [0.5, 0.6) is 0 Å². The second-order valence-electron chi connectivity index (χ2n) is 5.49. The molecule has 2 aliphatic rings. The molecule has 5 heteroatoms. The summed E-state index contributed by atoms with van der Waals surface area (Å²) in [6, 6.07) is 0.321. The van der Waals surface area contributed by atoms with Crippen molar-refractivity contribution in [1.82, 2.24) is 5.32 Å². The third kappa shape index (κ3) is 2.67. The number of thiocarbonyl (C=S) groups is 1. The number of nitrogens with one attached hydrogen (secondary N) is 1. The molecule has 102 valence electrons. The van der Waals surface area contributed by atoms with Gasteiger partial charge in [-0.05, 0) is 38.4 Å². The van der Waals surface area contributed by atoms with Crippen LogP contribution >= 0.6 is 24.0 Å². The van der Waals surface area contributed by atoms with E-state index in [1.165, 1.54) is 6.42 Å². The molecule has 0 bridgehead atoms. The maximum Gasteiger partial charge on any atom is 0.233 e. The summed E-state index contributed by atoms with van der Waals surface area (Å²) in [5.41, 5.74) is 5.28. The molecule has 2 saturated carbocycles. The molecule has 3 N–H and O–H groups in total. The van der Waals surface area contributed by atoms with Crippen LogP contribution in [0.3, 0.4) is 0 Å². The molecule has 0 radical (unpaired) electrons. The minimum Gasteiger partial charge on any atom is -0.392 e. The van der Waals surface area contributed by atoms with E-state index in [0.29, 0.717) is 16.3 Å². The standard InChI is InChI=1S/C13H22N2OS2/c1-18-10-5-4-9(8-10)15-12(16)13(11(14)17)6-2-3-7-13/h9-10H,2-8H2,1H3,(H2,14,17)(H,15,16). The molecule has 0 saturated heterocycles. The molecule has 0 spiro atoms. The van der Waals surface area contributed by atoms with E-state index >= 15 is 0 Å². The fraction of sp³-hybridized carbons (Fsp3) is 0.846. The molecular formula is C13H22N2OS2. The smallest absolute Gasteiger partial charge is 0.233 e. The van der Waals surface area contributed by atoms with Gasteiger partial charge in [0.15, 0.2) is 0 Å². The Morgan fingerprint density at radius 3 is 2.56 bits per heavy atom. The highest BCUT2D eigenvalue weighted by Crippen LogP contribution is 2.39. The maximum absolute atomic E-state index is 12.5. The Hall–Kier alpha value is -0.290. The van der Waals surface area contributed by atoms with Crippen LogP contribution in [0, 0.1) is 5.41 Å². The van der Waals surface area contributed by atoms with E-state index in [1.807, 2.05) is 11.8 Å². The molecule has 2 aliphatic carbocycles. The highest BCUT2D eigenvalue weighted by atomic mass is 32.2. The van der Waals surface area contributed by atoms with Crippen molar-refractivity contribution in [3.63, 3.8) is 0 Å². The first-order valence-corrected chi connectivity index (χ1v) is 8.42. The number of carbonyl (C=O) groups is 1. The predicted octanol–water partition coefficient (Wildman–Crippen LogP) is 2.23. The van der Waals surface area contributed by atoms with Crippen LogP contribution in [0.1, 0.15) is 44.9 Å². The quantitative estimate of drug-likeness (QED) is 0.778. The average molecular weight is 286 g/mol. The van der Waals surface area contributed by atoms with Crippen molar-refractivity contribution in [2.75, 3.05) is 6.26 Å². The lowest BCUT2D eigenvalue weighted by Gasteiger charge is -2.28.